The van der Waals surface area contributed by atoms with Crippen molar-refractivity contribution >= 4 is 23.2 Å². The van der Waals surface area contributed by atoms with Gasteiger partial charge in [-0.15, -0.1) is 0 Å². The summed E-state index contributed by atoms with van der Waals surface area (Å²) in [5, 5.41) is 7.91. The highest BCUT2D eigenvalue weighted by Gasteiger charge is 2.14. The molecule has 1 atom stereocenters. The summed E-state index contributed by atoms with van der Waals surface area (Å²) in [5.41, 5.74) is 0.475. The molecule has 1 unspecified atom stereocenters. The second-order valence-corrected chi connectivity index (χ2v) is 5.07. The molecule has 5 nitrogen and oxygen atoms in total. The van der Waals surface area contributed by atoms with Crippen molar-refractivity contribution in [2.45, 2.75) is 25.8 Å². The van der Waals surface area contributed by atoms with E-state index in [0.29, 0.717) is 39.9 Å². The van der Waals surface area contributed by atoms with Crippen LogP contribution >= 0.6 is 23.2 Å². The van der Waals surface area contributed by atoms with Crippen molar-refractivity contribution in [3.63, 3.8) is 0 Å². The molecule has 2 aromatic rings. The van der Waals surface area contributed by atoms with E-state index in [1.165, 1.54) is 6.20 Å². The zero-order valence-corrected chi connectivity index (χ0v) is 12.2. The van der Waals surface area contributed by atoms with E-state index in [-0.39, 0.29) is 0 Å². The van der Waals surface area contributed by atoms with E-state index in [1.807, 2.05) is 7.05 Å². The molecule has 0 radical (unpaired) electrons. The molecule has 0 aliphatic rings. The molecule has 0 spiro atoms. The number of hydrogen-bond acceptors (Lipinski definition) is 5. The van der Waals surface area contributed by atoms with Crippen molar-refractivity contribution in [2.24, 2.45) is 0 Å². The second-order valence-electron chi connectivity index (χ2n) is 4.22. The molecule has 2 aromatic heterocycles. The number of aromatic nitrogens is 3. The lowest BCUT2D eigenvalue weighted by Gasteiger charge is -2.06. The molecule has 0 aliphatic carbocycles. The Morgan fingerprint density at radius 2 is 2.21 bits per heavy atom. The first-order valence-corrected chi connectivity index (χ1v) is 6.67. The van der Waals surface area contributed by atoms with Gasteiger partial charge in [0, 0.05) is 18.7 Å². The Morgan fingerprint density at radius 3 is 2.89 bits per heavy atom. The summed E-state index contributed by atoms with van der Waals surface area (Å²) in [6.45, 7) is 2.09. The van der Waals surface area contributed by atoms with E-state index >= 15 is 0 Å². The Bertz CT molecular complexity index is 558. The fourth-order valence-electron chi connectivity index (χ4n) is 1.52. The number of nitrogens with zero attached hydrogens (tertiary/aromatic N) is 3. The van der Waals surface area contributed by atoms with Crippen molar-refractivity contribution in [3.8, 4) is 11.5 Å². The molecule has 1 N–H and O–H groups in total. The van der Waals surface area contributed by atoms with Gasteiger partial charge in [0.1, 0.15) is 5.69 Å². The van der Waals surface area contributed by atoms with E-state index < -0.39 is 0 Å². The molecule has 0 saturated heterocycles. The molecule has 0 saturated carbocycles. The van der Waals surface area contributed by atoms with Crippen LogP contribution < -0.4 is 5.32 Å². The maximum atomic E-state index is 6.04. The molecule has 0 amide bonds. The minimum absolute atomic E-state index is 0.383. The summed E-state index contributed by atoms with van der Waals surface area (Å²) in [5.74, 6) is 0.957. The standard InChI is InChI=1S/C12H14Cl2N4O/c1-7(15-2)3-4-10-17-12(18-19-10)11-9(14)5-8(13)6-16-11/h5-7,15H,3-4H2,1-2H3. The zero-order valence-electron chi connectivity index (χ0n) is 10.7. The quantitative estimate of drug-likeness (QED) is 0.919. The lowest BCUT2D eigenvalue weighted by atomic mass is 10.2. The molecule has 0 aliphatic heterocycles. The zero-order chi connectivity index (χ0) is 13.8. The molecule has 0 aromatic carbocycles. The van der Waals surface area contributed by atoms with Gasteiger partial charge in [0.15, 0.2) is 0 Å². The van der Waals surface area contributed by atoms with Gasteiger partial charge in [0.2, 0.25) is 11.7 Å². The largest absolute Gasteiger partial charge is 0.339 e. The van der Waals surface area contributed by atoms with E-state index in [4.69, 9.17) is 27.7 Å². The number of pyridine rings is 1. The first-order valence-electron chi connectivity index (χ1n) is 5.91. The van der Waals surface area contributed by atoms with Crippen molar-refractivity contribution in [1.82, 2.24) is 20.4 Å². The SMILES string of the molecule is CNC(C)CCc1nc(-c2ncc(Cl)cc2Cl)no1. The minimum atomic E-state index is 0.383. The van der Waals surface area contributed by atoms with Crippen molar-refractivity contribution in [3.05, 3.63) is 28.2 Å². The van der Waals surface area contributed by atoms with E-state index in [1.54, 1.807) is 6.07 Å². The van der Waals surface area contributed by atoms with E-state index in [0.717, 1.165) is 6.42 Å². The van der Waals surface area contributed by atoms with Gasteiger partial charge in [0.05, 0.1) is 10.0 Å². The molecular weight excluding hydrogens is 287 g/mol. The minimum Gasteiger partial charge on any atom is -0.339 e. The number of hydrogen-bond donors (Lipinski definition) is 1. The highest BCUT2D eigenvalue weighted by Crippen LogP contribution is 2.25. The van der Waals surface area contributed by atoms with Crippen LogP contribution in [0.3, 0.4) is 0 Å². The first-order chi connectivity index (χ1) is 9.10. The van der Waals surface area contributed by atoms with Crippen LogP contribution in [0, 0.1) is 0 Å². The Hall–Kier alpha value is -1.17. The number of nitrogens with one attached hydrogen (secondary N) is 1. The Balaban J connectivity index is 2.12. The Morgan fingerprint density at radius 1 is 1.42 bits per heavy atom. The van der Waals surface area contributed by atoms with Crippen LogP contribution in [-0.4, -0.2) is 28.2 Å². The number of rotatable bonds is 5. The molecule has 7 heteroatoms. The van der Waals surface area contributed by atoms with Gasteiger partial charge in [-0.05, 0) is 26.5 Å². The van der Waals surface area contributed by atoms with Gasteiger partial charge >= 0.3 is 0 Å². The van der Waals surface area contributed by atoms with Crippen LogP contribution in [0.4, 0.5) is 0 Å². The second kappa shape index (κ2) is 6.32. The lowest BCUT2D eigenvalue weighted by Crippen LogP contribution is -2.21. The summed E-state index contributed by atoms with van der Waals surface area (Å²) >= 11 is 11.8. The maximum absolute atomic E-state index is 6.04. The summed E-state index contributed by atoms with van der Waals surface area (Å²) in [6.07, 6.45) is 3.13. The predicted octanol–water partition coefficient (Wildman–Crippen LogP) is 2.98. The lowest BCUT2D eigenvalue weighted by molar-refractivity contribution is 0.369. The first kappa shape index (κ1) is 14.2. The van der Waals surface area contributed by atoms with Gasteiger partial charge in [0.25, 0.3) is 0 Å². The third kappa shape index (κ3) is 3.65. The fourth-order valence-corrected chi connectivity index (χ4v) is 1.98. The van der Waals surface area contributed by atoms with Crippen LogP contribution in [0.15, 0.2) is 16.8 Å². The molecule has 19 heavy (non-hydrogen) atoms. The molecule has 2 rings (SSSR count). The Labute approximate surface area is 121 Å². The topological polar surface area (TPSA) is 63.8 Å². The van der Waals surface area contributed by atoms with Crippen LogP contribution in [0.5, 0.6) is 0 Å². The summed E-state index contributed by atoms with van der Waals surface area (Å²) in [6, 6.07) is 2.00. The van der Waals surface area contributed by atoms with Crippen molar-refractivity contribution in [1.29, 1.82) is 0 Å². The highest BCUT2D eigenvalue weighted by atomic mass is 35.5. The fraction of sp³-hybridized carbons (Fsp3) is 0.417. The highest BCUT2D eigenvalue weighted by molar-refractivity contribution is 6.35. The number of halogens is 2. The normalized spacial score (nSPS) is 12.6. The van der Waals surface area contributed by atoms with Crippen LogP contribution in [-0.2, 0) is 6.42 Å². The van der Waals surface area contributed by atoms with Crippen molar-refractivity contribution in [2.75, 3.05) is 7.05 Å². The summed E-state index contributed by atoms with van der Waals surface area (Å²) in [4.78, 5) is 8.39. The monoisotopic (exact) mass is 300 g/mol. The molecule has 0 fully saturated rings. The van der Waals surface area contributed by atoms with Gasteiger partial charge in [-0.3, -0.25) is 0 Å². The summed E-state index contributed by atoms with van der Waals surface area (Å²) in [7, 11) is 1.92. The van der Waals surface area contributed by atoms with E-state index in [9.17, 15) is 0 Å². The third-order valence-corrected chi connectivity index (χ3v) is 3.27. The molecule has 2 heterocycles. The van der Waals surface area contributed by atoms with Gasteiger partial charge in [-0.25, -0.2) is 4.98 Å². The van der Waals surface area contributed by atoms with Crippen LogP contribution in [0.1, 0.15) is 19.2 Å². The van der Waals surface area contributed by atoms with Gasteiger partial charge in [-0.1, -0.05) is 28.4 Å². The van der Waals surface area contributed by atoms with Gasteiger partial charge in [-0.2, -0.15) is 4.98 Å². The van der Waals surface area contributed by atoms with Crippen molar-refractivity contribution < 1.29 is 4.52 Å². The number of aryl methyl sites for hydroxylation is 1. The van der Waals surface area contributed by atoms with Crippen LogP contribution in [0.25, 0.3) is 11.5 Å². The maximum Gasteiger partial charge on any atom is 0.227 e. The summed E-state index contributed by atoms with van der Waals surface area (Å²) < 4.78 is 5.18. The molecule has 102 valence electrons. The van der Waals surface area contributed by atoms with E-state index in [2.05, 4.69) is 27.4 Å². The average molecular weight is 301 g/mol. The predicted molar refractivity (Wildman–Crippen MR) is 74.4 cm³/mol. The molecular formula is C12H14Cl2N4O. The van der Waals surface area contributed by atoms with Gasteiger partial charge < -0.3 is 9.84 Å². The Kier molecular flexibility index (Phi) is 4.74. The third-order valence-electron chi connectivity index (χ3n) is 2.77. The molecule has 0 bridgehead atoms. The average Bonchev–Trinajstić information content (AvgIpc) is 2.84. The smallest absolute Gasteiger partial charge is 0.227 e. The van der Waals surface area contributed by atoms with Crippen LogP contribution in [0.2, 0.25) is 10.0 Å².